The first-order valence-corrected chi connectivity index (χ1v) is 5.09. The summed E-state index contributed by atoms with van der Waals surface area (Å²) in [5, 5.41) is 0. The fourth-order valence-corrected chi connectivity index (χ4v) is 1.72. The summed E-state index contributed by atoms with van der Waals surface area (Å²) >= 11 is 0. The Kier molecular flexibility index (Phi) is 2.71. The Hall–Kier alpha value is -1.38. The Morgan fingerprint density at radius 3 is 2.87 bits per heavy atom. The molecule has 1 atom stereocenters. The summed E-state index contributed by atoms with van der Waals surface area (Å²) in [6, 6.07) is 4.79. The number of carbonyl (C=O) groups is 1. The lowest BCUT2D eigenvalue weighted by atomic mass is 10.2. The number of rotatable bonds is 2. The fourth-order valence-electron chi connectivity index (χ4n) is 1.72. The molecule has 0 spiro atoms. The van der Waals surface area contributed by atoms with Crippen LogP contribution in [0.4, 0.5) is 4.39 Å². The van der Waals surface area contributed by atoms with Gasteiger partial charge in [-0.2, -0.15) is 0 Å². The van der Waals surface area contributed by atoms with Crippen molar-refractivity contribution < 1.29 is 13.9 Å². The molecule has 0 amide bonds. The van der Waals surface area contributed by atoms with E-state index in [-0.39, 0.29) is 17.7 Å². The van der Waals surface area contributed by atoms with Crippen molar-refractivity contribution in [3.8, 4) is 5.75 Å². The first-order valence-electron chi connectivity index (χ1n) is 5.09. The maximum absolute atomic E-state index is 13.2. The summed E-state index contributed by atoms with van der Waals surface area (Å²) in [6.07, 6.45) is 1.71. The lowest BCUT2D eigenvalue weighted by molar-refractivity contribution is -0.117. The monoisotopic (exact) mass is 208 g/mol. The highest BCUT2D eigenvalue weighted by Crippen LogP contribution is 2.23. The third kappa shape index (κ3) is 2.35. The molecule has 0 heterocycles. The zero-order valence-corrected chi connectivity index (χ0v) is 8.63. The van der Waals surface area contributed by atoms with Crippen molar-refractivity contribution in [2.45, 2.75) is 32.3 Å². The number of aryl methyl sites for hydroxylation is 1. The number of ketones is 1. The van der Waals surface area contributed by atoms with Gasteiger partial charge in [-0.15, -0.1) is 0 Å². The molecule has 1 saturated carbocycles. The second-order valence-electron chi connectivity index (χ2n) is 3.93. The number of carbonyl (C=O) groups excluding carboxylic acids is 1. The summed E-state index contributed by atoms with van der Waals surface area (Å²) < 4.78 is 18.7. The molecule has 1 fully saturated rings. The minimum absolute atomic E-state index is 0.0698. The van der Waals surface area contributed by atoms with Crippen molar-refractivity contribution >= 4 is 5.78 Å². The highest BCUT2D eigenvalue weighted by Gasteiger charge is 2.23. The maximum atomic E-state index is 13.2. The smallest absolute Gasteiger partial charge is 0.136 e. The molecule has 0 aromatic heterocycles. The van der Waals surface area contributed by atoms with Gasteiger partial charge in [0.2, 0.25) is 0 Å². The quantitative estimate of drug-likeness (QED) is 0.746. The summed E-state index contributed by atoms with van der Waals surface area (Å²) in [5.74, 6) is 0.474. The fraction of sp³-hybridized carbons (Fsp3) is 0.417. The lowest BCUT2D eigenvalue weighted by Gasteiger charge is -2.12. The van der Waals surface area contributed by atoms with Crippen molar-refractivity contribution in [1.29, 1.82) is 0 Å². The van der Waals surface area contributed by atoms with Crippen molar-refractivity contribution in [1.82, 2.24) is 0 Å². The molecule has 0 N–H and O–H groups in total. The second kappa shape index (κ2) is 4.01. The predicted molar refractivity (Wildman–Crippen MR) is 54.4 cm³/mol. The summed E-state index contributed by atoms with van der Waals surface area (Å²) in [6.45, 7) is 1.71. The molecule has 80 valence electrons. The Morgan fingerprint density at radius 1 is 1.47 bits per heavy atom. The van der Waals surface area contributed by atoms with Gasteiger partial charge in [-0.3, -0.25) is 4.79 Å². The molecule has 1 aliphatic carbocycles. The van der Waals surface area contributed by atoms with Crippen LogP contribution in [-0.2, 0) is 4.79 Å². The van der Waals surface area contributed by atoms with E-state index in [1.807, 2.05) is 0 Å². The van der Waals surface area contributed by atoms with E-state index < -0.39 is 0 Å². The number of ether oxygens (including phenoxy) is 1. The maximum Gasteiger partial charge on any atom is 0.136 e. The van der Waals surface area contributed by atoms with Crippen molar-refractivity contribution in [3.05, 3.63) is 29.6 Å². The lowest BCUT2D eigenvalue weighted by Crippen LogP contribution is -2.12. The summed E-state index contributed by atoms with van der Waals surface area (Å²) in [4.78, 5) is 11.0. The third-order valence-corrected chi connectivity index (χ3v) is 2.65. The number of hydrogen-bond donors (Lipinski definition) is 0. The standard InChI is InChI=1S/C12H13FO2/c1-8-2-4-11(7-12(8)13)15-10-5-3-9(14)6-10/h2,4,7,10H,3,5-6H2,1H3. The topological polar surface area (TPSA) is 26.3 Å². The molecule has 1 aromatic carbocycles. The molecule has 1 unspecified atom stereocenters. The molecule has 0 saturated heterocycles. The van der Waals surface area contributed by atoms with E-state index in [1.54, 1.807) is 19.1 Å². The first kappa shape index (κ1) is 10.1. The zero-order valence-electron chi connectivity index (χ0n) is 8.63. The van der Waals surface area contributed by atoms with Crippen molar-refractivity contribution in [2.75, 3.05) is 0 Å². The Labute approximate surface area is 88.1 Å². The van der Waals surface area contributed by atoms with E-state index in [0.717, 1.165) is 6.42 Å². The number of Topliss-reactive ketones (excluding diaryl/α,β-unsaturated/α-hetero) is 1. The van der Waals surface area contributed by atoms with Crippen LogP contribution in [0.25, 0.3) is 0 Å². The van der Waals surface area contributed by atoms with Gasteiger partial charge in [-0.25, -0.2) is 4.39 Å². The van der Waals surface area contributed by atoms with Gasteiger partial charge < -0.3 is 4.74 Å². The summed E-state index contributed by atoms with van der Waals surface area (Å²) in [7, 11) is 0. The molecule has 0 radical (unpaired) electrons. The molecule has 2 rings (SSSR count). The molecular formula is C12H13FO2. The van der Waals surface area contributed by atoms with Crippen LogP contribution in [0.1, 0.15) is 24.8 Å². The average Bonchev–Trinajstić information content (AvgIpc) is 2.58. The van der Waals surface area contributed by atoms with Crippen molar-refractivity contribution in [2.24, 2.45) is 0 Å². The van der Waals surface area contributed by atoms with Crippen LogP contribution < -0.4 is 4.74 Å². The van der Waals surface area contributed by atoms with Crippen LogP contribution in [0, 0.1) is 12.7 Å². The van der Waals surface area contributed by atoms with Crippen molar-refractivity contribution in [3.63, 3.8) is 0 Å². The third-order valence-electron chi connectivity index (χ3n) is 2.65. The Bertz CT molecular complexity index is 387. The van der Waals surface area contributed by atoms with Gasteiger partial charge >= 0.3 is 0 Å². The van der Waals surface area contributed by atoms with Gasteiger partial charge in [0.25, 0.3) is 0 Å². The van der Waals surface area contributed by atoms with Crippen LogP contribution in [0.2, 0.25) is 0 Å². The normalized spacial score (nSPS) is 20.7. The van der Waals surface area contributed by atoms with E-state index in [1.165, 1.54) is 6.07 Å². The van der Waals surface area contributed by atoms with Crippen LogP contribution in [0.5, 0.6) is 5.75 Å². The van der Waals surface area contributed by atoms with Gasteiger partial charge in [0.1, 0.15) is 23.5 Å². The van der Waals surface area contributed by atoms with Crippen LogP contribution >= 0.6 is 0 Å². The van der Waals surface area contributed by atoms with Gasteiger partial charge in [0.05, 0.1) is 0 Å². The molecular weight excluding hydrogens is 195 g/mol. The predicted octanol–water partition coefficient (Wildman–Crippen LogP) is 2.63. The highest BCUT2D eigenvalue weighted by molar-refractivity contribution is 5.81. The molecule has 3 heteroatoms. The van der Waals surface area contributed by atoms with E-state index in [9.17, 15) is 9.18 Å². The molecule has 15 heavy (non-hydrogen) atoms. The van der Waals surface area contributed by atoms with E-state index in [2.05, 4.69) is 0 Å². The average molecular weight is 208 g/mol. The molecule has 1 aliphatic rings. The highest BCUT2D eigenvalue weighted by atomic mass is 19.1. The minimum atomic E-state index is -0.267. The van der Waals surface area contributed by atoms with Crippen LogP contribution in [0.15, 0.2) is 18.2 Å². The van der Waals surface area contributed by atoms with E-state index in [0.29, 0.717) is 24.2 Å². The van der Waals surface area contributed by atoms with Gasteiger partial charge in [0, 0.05) is 18.9 Å². The summed E-state index contributed by atoms with van der Waals surface area (Å²) in [5.41, 5.74) is 0.602. The van der Waals surface area contributed by atoms with Crippen LogP contribution in [-0.4, -0.2) is 11.9 Å². The molecule has 2 nitrogen and oxygen atoms in total. The Morgan fingerprint density at radius 2 is 2.27 bits per heavy atom. The Balaban J connectivity index is 2.05. The zero-order chi connectivity index (χ0) is 10.8. The number of benzene rings is 1. The molecule has 0 bridgehead atoms. The second-order valence-corrected chi connectivity index (χ2v) is 3.93. The number of hydrogen-bond acceptors (Lipinski definition) is 2. The van der Waals surface area contributed by atoms with E-state index >= 15 is 0 Å². The van der Waals surface area contributed by atoms with Gasteiger partial charge in [-0.1, -0.05) is 6.07 Å². The SMILES string of the molecule is Cc1ccc(OC2CCC(=O)C2)cc1F. The molecule has 1 aromatic rings. The minimum Gasteiger partial charge on any atom is -0.490 e. The van der Waals surface area contributed by atoms with Gasteiger partial charge in [-0.05, 0) is 25.0 Å². The van der Waals surface area contributed by atoms with E-state index in [4.69, 9.17) is 4.74 Å². The first-order chi connectivity index (χ1) is 7.15. The number of halogens is 1. The largest absolute Gasteiger partial charge is 0.490 e. The molecule has 0 aliphatic heterocycles. The van der Waals surface area contributed by atoms with Crippen LogP contribution in [0.3, 0.4) is 0 Å². The van der Waals surface area contributed by atoms with Gasteiger partial charge in [0.15, 0.2) is 0 Å².